The molecule has 22 nitrogen and oxygen atoms in total. The first kappa shape index (κ1) is 61.8. The summed E-state index contributed by atoms with van der Waals surface area (Å²) in [7, 11) is 4.64. The number of rotatable bonds is 36. The lowest BCUT2D eigenvalue weighted by Gasteiger charge is -2.23. The number of ether oxygens (including phenoxy) is 12. The Labute approximate surface area is 474 Å². The zero-order valence-electron chi connectivity index (χ0n) is 47.6. The topological polar surface area (TPSA) is 226 Å². The molecule has 0 saturated carbocycles. The first-order valence-electron chi connectivity index (χ1n) is 27.6. The van der Waals surface area contributed by atoms with Crippen molar-refractivity contribution >= 4 is 47.3 Å². The minimum Gasteiger partial charge on any atom is -0.493 e. The largest absolute Gasteiger partial charge is 0.493 e. The zero-order valence-corrected chi connectivity index (χ0v) is 47.6. The standard InChI is InChI=1S/C59H78N6O16/c1-7-42-27-46-35-60-51-33-55(53(71-5)31-49(51)58(68)64(46)37-42)80-39-44-29-48(30-45(62-44)40-81-56-34-52-50(32-54(56)72-6)59(69)65-38-43(8-2)28-47(65)36-61-52)79-16-12-63(11-15-75-21-24-77-22-19-73-13-9-41(3)66)57(67)10-14-74-20-23-78-26-25-76-18-17-70-4/h7-8,29-36,46-47H,9-28,37-40H2,1-6H3. The number of Topliss-reactive ketones (excluding diaryl/α,β-unsaturated/α-hetero) is 1. The van der Waals surface area contributed by atoms with Gasteiger partial charge in [0.1, 0.15) is 31.4 Å². The van der Waals surface area contributed by atoms with Crippen molar-refractivity contribution in [3.05, 3.63) is 82.2 Å². The normalized spacial score (nSPS) is 17.2. The van der Waals surface area contributed by atoms with E-state index in [4.69, 9.17) is 71.8 Å². The van der Waals surface area contributed by atoms with Gasteiger partial charge < -0.3 is 71.5 Å². The molecule has 81 heavy (non-hydrogen) atoms. The van der Waals surface area contributed by atoms with Crippen LogP contribution in [0.2, 0.25) is 0 Å². The maximum Gasteiger partial charge on any atom is 0.257 e. The lowest BCUT2D eigenvalue weighted by Crippen LogP contribution is -2.38. The summed E-state index contributed by atoms with van der Waals surface area (Å²) in [5, 5.41) is 0. The van der Waals surface area contributed by atoms with Gasteiger partial charge in [0.05, 0.1) is 159 Å². The molecular weight excluding hydrogens is 1050 g/mol. The van der Waals surface area contributed by atoms with Crippen LogP contribution in [0.25, 0.3) is 0 Å². The summed E-state index contributed by atoms with van der Waals surface area (Å²) in [5.41, 5.74) is 5.06. The number of methoxy groups -OCH3 is 3. The third kappa shape index (κ3) is 18.4. The molecular formula is C59H78N6O16. The molecule has 2 fully saturated rings. The van der Waals surface area contributed by atoms with Gasteiger partial charge >= 0.3 is 0 Å². The van der Waals surface area contributed by atoms with Gasteiger partial charge in [-0.3, -0.25) is 34.1 Å². The maximum atomic E-state index is 13.8. The number of carbonyl (C=O) groups is 4. The van der Waals surface area contributed by atoms with Crippen LogP contribution in [0.1, 0.15) is 78.6 Å². The zero-order chi connectivity index (χ0) is 57.3. The number of benzene rings is 2. The van der Waals surface area contributed by atoms with Crippen LogP contribution in [0.5, 0.6) is 28.7 Å². The second kappa shape index (κ2) is 32.6. The number of pyridine rings is 1. The molecule has 2 atom stereocenters. The Bertz CT molecular complexity index is 2580. The molecule has 2 unspecified atom stereocenters. The fourth-order valence-corrected chi connectivity index (χ4v) is 9.25. The number of hydrogen-bond acceptors (Lipinski definition) is 19. The van der Waals surface area contributed by atoms with Crippen LogP contribution in [-0.4, -0.2) is 208 Å². The first-order valence-corrected chi connectivity index (χ1v) is 27.6. The molecule has 22 heteroatoms. The highest BCUT2D eigenvalue weighted by Gasteiger charge is 2.36. The van der Waals surface area contributed by atoms with Crippen LogP contribution in [-0.2, 0) is 56.0 Å². The van der Waals surface area contributed by atoms with Crippen molar-refractivity contribution in [1.29, 1.82) is 0 Å². The highest BCUT2D eigenvalue weighted by Crippen LogP contribution is 2.41. The number of carbonyl (C=O) groups excluding carboxylic acids is 4. The molecule has 3 aromatic rings. The van der Waals surface area contributed by atoms with Crippen molar-refractivity contribution in [3.8, 4) is 28.7 Å². The van der Waals surface area contributed by atoms with Gasteiger partial charge in [0.2, 0.25) is 5.91 Å². The van der Waals surface area contributed by atoms with Crippen LogP contribution in [0, 0.1) is 0 Å². The number of aliphatic imine (C=N–C) groups is 2. The summed E-state index contributed by atoms with van der Waals surface area (Å²) in [4.78, 5) is 72.2. The van der Waals surface area contributed by atoms with E-state index < -0.39 is 0 Å². The number of nitrogens with zero attached hydrogens (tertiary/aromatic N) is 6. The van der Waals surface area contributed by atoms with Crippen molar-refractivity contribution in [2.75, 3.05) is 140 Å². The van der Waals surface area contributed by atoms with Crippen LogP contribution >= 0.6 is 0 Å². The minimum absolute atomic E-state index is 0.0479. The Hall–Kier alpha value is -6.79. The number of aromatic nitrogens is 1. The number of fused-ring (bicyclic) bond motifs is 4. The summed E-state index contributed by atoms with van der Waals surface area (Å²) < 4.78 is 69.4. The van der Waals surface area contributed by atoms with Gasteiger partial charge in [-0.05, 0) is 45.7 Å². The fraction of sp³-hybridized carbons (Fsp3) is 0.542. The Morgan fingerprint density at radius 3 is 1.46 bits per heavy atom. The highest BCUT2D eigenvalue weighted by atomic mass is 16.6. The third-order valence-corrected chi connectivity index (χ3v) is 13.7. The molecule has 0 radical (unpaired) electrons. The summed E-state index contributed by atoms with van der Waals surface area (Å²) in [5.74, 6) is 1.48. The van der Waals surface area contributed by atoms with Crippen molar-refractivity contribution < 1.29 is 76.0 Å². The van der Waals surface area contributed by atoms with E-state index in [1.807, 2.05) is 48.2 Å². The second-order valence-electron chi connectivity index (χ2n) is 19.4. The van der Waals surface area contributed by atoms with Gasteiger partial charge in [-0.25, -0.2) is 0 Å². The average molecular weight is 1130 g/mol. The number of ketones is 1. The molecule has 440 valence electrons. The molecule has 0 aliphatic carbocycles. The van der Waals surface area contributed by atoms with Crippen molar-refractivity contribution in [1.82, 2.24) is 19.7 Å². The van der Waals surface area contributed by atoms with Crippen molar-refractivity contribution in [3.63, 3.8) is 0 Å². The van der Waals surface area contributed by atoms with Crippen LogP contribution in [0.4, 0.5) is 11.4 Å². The maximum absolute atomic E-state index is 13.8. The molecule has 3 amide bonds. The first-order chi connectivity index (χ1) is 39.5. The molecule has 1 aromatic heterocycles. The van der Waals surface area contributed by atoms with E-state index in [2.05, 4.69) is 0 Å². The van der Waals surface area contributed by atoms with E-state index in [-0.39, 0.29) is 88.1 Å². The number of allylic oxidation sites excluding steroid dienone is 2. The monoisotopic (exact) mass is 1130 g/mol. The quantitative estimate of drug-likeness (QED) is 0.0458. The molecule has 5 heterocycles. The third-order valence-electron chi connectivity index (χ3n) is 13.7. The number of amides is 3. The number of hydrogen-bond donors (Lipinski definition) is 0. The van der Waals surface area contributed by atoms with Crippen molar-refractivity contribution in [2.45, 2.75) is 71.8 Å². The lowest BCUT2D eigenvalue weighted by atomic mass is 10.1. The molecule has 4 aliphatic rings. The van der Waals surface area contributed by atoms with E-state index in [9.17, 15) is 19.2 Å². The van der Waals surface area contributed by atoms with E-state index in [0.29, 0.717) is 155 Å². The summed E-state index contributed by atoms with van der Waals surface area (Å²) in [6.07, 6.45) is 9.64. The smallest absolute Gasteiger partial charge is 0.257 e. The summed E-state index contributed by atoms with van der Waals surface area (Å²) in [6, 6.07) is 9.91. The molecule has 7 rings (SSSR count). The predicted molar refractivity (Wildman–Crippen MR) is 300 cm³/mol. The SMILES string of the molecule is CC=C1CC2C=Nc3cc(OCc4cc(OCCN(CCOCCOCCOCCC(C)=O)C(=O)CCOCCOCCOCCOC)cc(COc5cc6c(cc5OC)C(=O)N5CC(=CC)CC5C=N6)n4)c(OC)cc3C(=O)N2C1. The van der Waals surface area contributed by atoms with Crippen LogP contribution in [0.15, 0.2) is 69.7 Å². The molecule has 0 bridgehead atoms. The molecule has 0 spiro atoms. The van der Waals surface area contributed by atoms with Crippen LogP contribution < -0.4 is 23.7 Å². The second-order valence-corrected chi connectivity index (χ2v) is 19.4. The Morgan fingerprint density at radius 1 is 0.556 bits per heavy atom. The summed E-state index contributed by atoms with van der Waals surface area (Å²) >= 11 is 0. The van der Waals surface area contributed by atoms with E-state index in [1.165, 1.54) is 32.3 Å². The van der Waals surface area contributed by atoms with Gasteiger partial charge in [0.15, 0.2) is 23.0 Å². The average Bonchev–Trinajstić information content (AvgIpc) is 4.27. The van der Waals surface area contributed by atoms with E-state index in [0.717, 1.165) is 12.8 Å². The molecule has 0 N–H and O–H groups in total. The lowest BCUT2D eigenvalue weighted by molar-refractivity contribution is -0.133. The Morgan fingerprint density at radius 2 is 1.00 bits per heavy atom. The van der Waals surface area contributed by atoms with Gasteiger partial charge in [-0.15, -0.1) is 0 Å². The van der Waals surface area contributed by atoms with Gasteiger partial charge in [-0.1, -0.05) is 23.3 Å². The summed E-state index contributed by atoms with van der Waals surface area (Å²) in [6.45, 7) is 11.7. The van der Waals surface area contributed by atoms with E-state index in [1.54, 1.807) is 48.4 Å². The Kier molecular flexibility index (Phi) is 24.9. The molecule has 2 aromatic carbocycles. The minimum atomic E-state index is -0.154. The van der Waals surface area contributed by atoms with Crippen molar-refractivity contribution in [2.24, 2.45) is 9.98 Å². The Balaban J connectivity index is 1.04. The predicted octanol–water partition coefficient (Wildman–Crippen LogP) is 6.33. The molecule has 4 aliphatic heterocycles. The highest BCUT2D eigenvalue weighted by molar-refractivity contribution is 6.05. The van der Waals surface area contributed by atoms with Gasteiger partial charge in [-0.2, -0.15) is 0 Å². The van der Waals surface area contributed by atoms with E-state index >= 15 is 0 Å². The van der Waals surface area contributed by atoms with Crippen LogP contribution in [0.3, 0.4) is 0 Å². The fourth-order valence-electron chi connectivity index (χ4n) is 9.25. The van der Waals surface area contributed by atoms with Gasteiger partial charge in [0, 0.05) is 69.9 Å². The molecule has 2 saturated heterocycles. The van der Waals surface area contributed by atoms with Gasteiger partial charge in [0.25, 0.3) is 11.8 Å².